The van der Waals surface area contributed by atoms with Crippen molar-refractivity contribution < 1.29 is 14.6 Å². The zero-order valence-corrected chi connectivity index (χ0v) is 10.0. The summed E-state index contributed by atoms with van der Waals surface area (Å²) in [6.45, 7) is 0.948. The van der Waals surface area contributed by atoms with Crippen LogP contribution in [0.25, 0.3) is 0 Å². The van der Waals surface area contributed by atoms with Crippen LogP contribution in [0.2, 0.25) is 0 Å². The fourth-order valence-corrected chi connectivity index (χ4v) is 2.06. The van der Waals surface area contributed by atoms with Crippen LogP contribution < -0.4 is 0 Å². The molecule has 0 amide bonds. The van der Waals surface area contributed by atoms with Crippen LogP contribution in [0.3, 0.4) is 0 Å². The Hall–Kier alpha value is -0.900. The number of aliphatic hydroxyl groups is 1. The molecule has 94 valence electrons. The largest absolute Gasteiger partial charge is 0.396 e. The molecule has 0 radical (unpaired) electrons. The Morgan fingerprint density at radius 1 is 1.18 bits per heavy atom. The maximum Gasteiger partial charge on any atom is 0.162 e. The second-order valence-corrected chi connectivity index (χ2v) is 4.43. The first-order chi connectivity index (χ1) is 8.38. The van der Waals surface area contributed by atoms with Gasteiger partial charge in [-0.1, -0.05) is 30.3 Å². The topological polar surface area (TPSA) is 38.7 Å². The van der Waals surface area contributed by atoms with Crippen LogP contribution in [-0.4, -0.2) is 30.7 Å². The molecule has 1 aliphatic heterocycles. The molecule has 0 saturated carbocycles. The summed E-state index contributed by atoms with van der Waals surface area (Å²) >= 11 is 0. The van der Waals surface area contributed by atoms with E-state index in [-0.39, 0.29) is 19.0 Å². The van der Waals surface area contributed by atoms with E-state index < -0.39 is 0 Å². The lowest BCUT2D eigenvalue weighted by Gasteiger charge is -2.11. The fraction of sp³-hybridized carbons (Fsp3) is 0.571. The molecule has 1 heterocycles. The van der Waals surface area contributed by atoms with Gasteiger partial charge in [-0.15, -0.1) is 0 Å². The summed E-state index contributed by atoms with van der Waals surface area (Å²) in [5.41, 5.74) is 1.24. The molecule has 1 aromatic rings. The van der Waals surface area contributed by atoms with Gasteiger partial charge >= 0.3 is 0 Å². The average Bonchev–Trinajstić information content (AvgIpc) is 2.79. The highest BCUT2D eigenvalue weighted by Gasteiger charge is 2.25. The molecule has 1 aliphatic rings. The zero-order chi connectivity index (χ0) is 11.9. The normalized spacial score (nSPS) is 24.1. The Kier molecular flexibility index (Phi) is 4.98. The van der Waals surface area contributed by atoms with Gasteiger partial charge in [0, 0.05) is 13.0 Å². The van der Waals surface area contributed by atoms with Gasteiger partial charge in [0.1, 0.15) is 0 Å². The van der Waals surface area contributed by atoms with Crippen molar-refractivity contribution in [2.75, 3.05) is 13.2 Å². The molecule has 0 spiro atoms. The molecule has 0 aromatic heterocycles. The molecule has 2 rings (SSSR count). The lowest BCUT2D eigenvalue weighted by atomic mass is 10.1. The Morgan fingerprint density at radius 3 is 2.76 bits per heavy atom. The van der Waals surface area contributed by atoms with E-state index in [4.69, 9.17) is 14.6 Å². The van der Waals surface area contributed by atoms with E-state index in [1.807, 2.05) is 18.2 Å². The Bertz CT molecular complexity index is 313. The molecular formula is C14H20O3. The predicted octanol–water partition coefficient (Wildman–Crippen LogP) is 2.13. The van der Waals surface area contributed by atoms with Crippen LogP contribution >= 0.6 is 0 Å². The first-order valence-electron chi connectivity index (χ1n) is 6.30. The fourth-order valence-electron chi connectivity index (χ4n) is 2.06. The van der Waals surface area contributed by atoms with Crippen LogP contribution in [0.5, 0.6) is 0 Å². The molecule has 3 nitrogen and oxygen atoms in total. The van der Waals surface area contributed by atoms with Gasteiger partial charge in [-0.05, 0) is 24.8 Å². The van der Waals surface area contributed by atoms with Crippen LogP contribution in [0, 0.1) is 0 Å². The van der Waals surface area contributed by atoms with Crippen molar-refractivity contribution in [3.05, 3.63) is 35.9 Å². The second-order valence-electron chi connectivity index (χ2n) is 4.43. The smallest absolute Gasteiger partial charge is 0.162 e. The summed E-state index contributed by atoms with van der Waals surface area (Å²) in [6.07, 6.45) is 3.75. The van der Waals surface area contributed by atoms with Crippen LogP contribution in [0.4, 0.5) is 0 Å². The van der Waals surface area contributed by atoms with Gasteiger partial charge in [0.05, 0.1) is 12.7 Å². The predicted molar refractivity (Wildman–Crippen MR) is 65.7 cm³/mol. The summed E-state index contributed by atoms with van der Waals surface area (Å²) in [4.78, 5) is 0. The summed E-state index contributed by atoms with van der Waals surface area (Å²) in [6, 6.07) is 10.3. The number of unbranched alkanes of at least 4 members (excludes halogenated alkanes) is 1. The average molecular weight is 236 g/mol. The van der Waals surface area contributed by atoms with Crippen molar-refractivity contribution in [2.45, 2.75) is 38.1 Å². The summed E-state index contributed by atoms with van der Waals surface area (Å²) in [5.74, 6) is 0. The van der Waals surface area contributed by atoms with Crippen molar-refractivity contribution in [3.8, 4) is 0 Å². The molecule has 2 unspecified atom stereocenters. The van der Waals surface area contributed by atoms with E-state index in [2.05, 4.69) is 12.1 Å². The van der Waals surface area contributed by atoms with E-state index in [0.717, 1.165) is 25.7 Å². The highest BCUT2D eigenvalue weighted by molar-refractivity contribution is 5.15. The van der Waals surface area contributed by atoms with E-state index in [0.29, 0.717) is 6.61 Å². The summed E-state index contributed by atoms with van der Waals surface area (Å²) in [5, 5.41) is 8.71. The van der Waals surface area contributed by atoms with Gasteiger partial charge in [-0.25, -0.2) is 0 Å². The first kappa shape index (κ1) is 12.6. The highest BCUT2D eigenvalue weighted by atomic mass is 16.7. The lowest BCUT2D eigenvalue weighted by molar-refractivity contribution is -0.0570. The molecule has 0 aliphatic carbocycles. The minimum Gasteiger partial charge on any atom is -0.396 e. The van der Waals surface area contributed by atoms with E-state index in [1.54, 1.807) is 0 Å². The second kappa shape index (κ2) is 6.74. The third-order valence-electron chi connectivity index (χ3n) is 2.99. The number of aliphatic hydroxyl groups excluding tert-OH is 1. The SMILES string of the molecule is OCCCCC1COC(Cc2ccccc2)O1. The summed E-state index contributed by atoms with van der Waals surface area (Å²) in [7, 11) is 0. The van der Waals surface area contributed by atoms with E-state index in [9.17, 15) is 0 Å². The molecular weight excluding hydrogens is 216 g/mol. The number of ether oxygens (including phenoxy) is 2. The third-order valence-corrected chi connectivity index (χ3v) is 2.99. The zero-order valence-electron chi connectivity index (χ0n) is 10.0. The minimum absolute atomic E-state index is 0.100. The minimum atomic E-state index is -0.100. The number of rotatable bonds is 6. The molecule has 3 heteroatoms. The van der Waals surface area contributed by atoms with Gasteiger partial charge < -0.3 is 14.6 Å². The highest BCUT2D eigenvalue weighted by Crippen LogP contribution is 2.19. The molecule has 0 bridgehead atoms. The Morgan fingerprint density at radius 2 is 2.00 bits per heavy atom. The van der Waals surface area contributed by atoms with Crippen molar-refractivity contribution in [1.82, 2.24) is 0 Å². The van der Waals surface area contributed by atoms with Crippen molar-refractivity contribution in [1.29, 1.82) is 0 Å². The number of hydrogen-bond acceptors (Lipinski definition) is 3. The summed E-state index contributed by atoms with van der Waals surface area (Å²) < 4.78 is 11.4. The first-order valence-corrected chi connectivity index (χ1v) is 6.30. The Balaban J connectivity index is 1.71. The third kappa shape index (κ3) is 4.11. The molecule has 17 heavy (non-hydrogen) atoms. The standard InChI is InChI=1S/C14H20O3/c15-9-5-4-8-13-11-16-14(17-13)10-12-6-2-1-3-7-12/h1-3,6-7,13-15H,4-5,8-11H2. The van der Waals surface area contributed by atoms with Gasteiger partial charge in [-0.2, -0.15) is 0 Å². The van der Waals surface area contributed by atoms with Crippen molar-refractivity contribution in [2.24, 2.45) is 0 Å². The number of benzene rings is 1. The lowest BCUT2D eigenvalue weighted by Crippen LogP contribution is -2.14. The van der Waals surface area contributed by atoms with Crippen LogP contribution in [0.15, 0.2) is 30.3 Å². The molecule has 1 saturated heterocycles. The van der Waals surface area contributed by atoms with E-state index >= 15 is 0 Å². The van der Waals surface area contributed by atoms with Gasteiger partial charge in [-0.3, -0.25) is 0 Å². The monoisotopic (exact) mass is 236 g/mol. The molecule has 1 aromatic carbocycles. The van der Waals surface area contributed by atoms with E-state index in [1.165, 1.54) is 5.56 Å². The quantitative estimate of drug-likeness (QED) is 0.769. The van der Waals surface area contributed by atoms with Crippen LogP contribution in [0.1, 0.15) is 24.8 Å². The van der Waals surface area contributed by atoms with Crippen molar-refractivity contribution >= 4 is 0 Å². The number of hydrogen-bond donors (Lipinski definition) is 1. The molecule has 1 N–H and O–H groups in total. The van der Waals surface area contributed by atoms with Crippen LogP contribution in [-0.2, 0) is 15.9 Å². The Labute approximate surface area is 102 Å². The maximum atomic E-state index is 8.71. The molecule has 2 atom stereocenters. The molecule has 1 fully saturated rings. The van der Waals surface area contributed by atoms with Gasteiger partial charge in [0.25, 0.3) is 0 Å². The van der Waals surface area contributed by atoms with Crippen molar-refractivity contribution in [3.63, 3.8) is 0 Å². The van der Waals surface area contributed by atoms with Gasteiger partial charge in [0.2, 0.25) is 0 Å². The maximum absolute atomic E-state index is 8.71. The van der Waals surface area contributed by atoms with Gasteiger partial charge in [0.15, 0.2) is 6.29 Å².